The molecule has 0 radical (unpaired) electrons. The maximum atomic E-state index is 12.4. The summed E-state index contributed by atoms with van der Waals surface area (Å²) < 4.78 is 0. The number of carbonyl (C=O) groups excluding carboxylic acids is 2. The molecular weight excluding hydrogens is 468 g/mol. The number of piperazine rings is 1. The van der Waals surface area contributed by atoms with Crippen molar-refractivity contribution in [1.82, 2.24) is 25.1 Å². The number of hydrogen-bond donors (Lipinski definition) is 2. The summed E-state index contributed by atoms with van der Waals surface area (Å²) in [4.78, 5) is 41.1. The summed E-state index contributed by atoms with van der Waals surface area (Å²) in [6, 6.07) is 8.33. The minimum Gasteiger partial charge on any atom is -0.338 e. The van der Waals surface area contributed by atoms with E-state index >= 15 is 0 Å². The van der Waals surface area contributed by atoms with Crippen LogP contribution in [0, 0.1) is 0 Å². The van der Waals surface area contributed by atoms with Crippen molar-refractivity contribution in [3.63, 3.8) is 0 Å². The van der Waals surface area contributed by atoms with Gasteiger partial charge < -0.3 is 4.90 Å². The van der Waals surface area contributed by atoms with Crippen LogP contribution in [0.3, 0.4) is 0 Å². The van der Waals surface area contributed by atoms with Crippen LogP contribution in [-0.2, 0) is 22.7 Å². The highest BCUT2D eigenvalue weighted by atomic mass is 32.1. The number of nitrogens with one attached hydrogen (secondary N) is 1. The van der Waals surface area contributed by atoms with Crippen LogP contribution >= 0.6 is 24.0 Å². The van der Waals surface area contributed by atoms with Gasteiger partial charge in [-0.1, -0.05) is 18.2 Å². The van der Waals surface area contributed by atoms with Crippen LogP contribution in [0.15, 0.2) is 35.8 Å². The van der Waals surface area contributed by atoms with E-state index in [1.165, 1.54) is 11.1 Å². The van der Waals surface area contributed by atoms with E-state index in [2.05, 4.69) is 54.6 Å². The lowest BCUT2D eigenvalue weighted by atomic mass is 10.0. The predicted octanol–water partition coefficient (Wildman–Crippen LogP) is 2.56. The Morgan fingerprint density at radius 1 is 1.15 bits per heavy atom. The third kappa shape index (κ3) is 4.08. The number of hydrogen-bond acceptors (Lipinski definition) is 9. The summed E-state index contributed by atoms with van der Waals surface area (Å²) in [5.41, 5.74) is 3.65. The van der Waals surface area contributed by atoms with E-state index in [1.54, 1.807) is 11.3 Å². The number of rotatable bonds is 4. The fourth-order valence-electron chi connectivity index (χ4n) is 5.15. The lowest BCUT2D eigenvalue weighted by molar-refractivity contribution is -0.137. The average molecular weight is 495 g/mol. The molecule has 2 aromatic heterocycles. The highest BCUT2D eigenvalue weighted by Gasteiger charge is 2.39. The molecule has 0 saturated carbocycles. The number of anilines is 1. The van der Waals surface area contributed by atoms with Gasteiger partial charge in [0.1, 0.15) is 4.83 Å². The molecule has 10 heteroatoms. The number of carbonyl (C=O) groups is 2. The average Bonchev–Trinajstić information content (AvgIpc) is 3.43. The van der Waals surface area contributed by atoms with Gasteiger partial charge in [-0.15, -0.1) is 11.3 Å². The van der Waals surface area contributed by atoms with Gasteiger partial charge in [-0.05, 0) is 34.6 Å². The zero-order valence-electron chi connectivity index (χ0n) is 18.7. The minimum absolute atomic E-state index is 0.128. The minimum atomic E-state index is -0.306. The van der Waals surface area contributed by atoms with Crippen LogP contribution in [0.1, 0.15) is 34.9 Å². The number of piperidine rings is 1. The first-order chi connectivity index (χ1) is 16.5. The van der Waals surface area contributed by atoms with E-state index in [0.29, 0.717) is 19.4 Å². The third-order valence-corrected chi connectivity index (χ3v) is 8.42. The molecule has 34 heavy (non-hydrogen) atoms. The van der Waals surface area contributed by atoms with Crippen molar-refractivity contribution in [2.45, 2.75) is 37.3 Å². The van der Waals surface area contributed by atoms with Crippen molar-refractivity contribution in [2.75, 3.05) is 31.1 Å². The molecule has 0 bridgehead atoms. The topological polar surface area (TPSA) is 81.7 Å². The second-order valence-corrected chi connectivity index (χ2v) is 10.5. The number of thiophene rings is 1. The normalized spacial score (nSPS) is 24.0. The molecule has 2 unspecified atom stereocenters. The van der Waals surface area contributed by atoms with Gasteiger partial charge in [-0.25, -0.2) is 9.97 Å². The van der Waals surface area contributed by atoms with Crippen molar-refractivity contribution in [1.29, 1.82) is 0 Å². The first kappa shape index (κ1) is 22.0. The van der Waals surface area contributed by atoms with Crippen molar-refractivity contribution in [3.05, 3.63) is 52.5 Å². The molecule has 6 rings (SSSR count). The molecule has 3 aliphatic rings. The number of nitrogens with zero attached hydrogens (tertiary/aromatic N) is 5. The van der Waals surface area contributed by atoms with Crippen LogP contribution < -0.4 is 10.2 Å². The molecule has 3 aromatic rings. The van der Waals surface area contributed by atoms with Crippen molar-refractivity contribution >= 4 is 51.9 Å². The van der Waals surface area contributed by atoms with Gasteiger partial charge in [0.15, 0.2) is 0 Å². The van der Waals surface area contributed by atoms with Crippen LogP contribution in [0.4, 0.5) is 5.95 Å². The Balaban J connectivity index is 1.09. The largest absolute Gasteiger partial charge is 0.338 e. The highest BCUT2D eigenvalue weighted by molar-refractivity contribution is 7.80. The number of fused-ring (bicyclic) bond motifs is 2. The summed E-state index contributed by atoms with van der Waals surface area (Å²) in [6.45, 7) is 5.30. The van der Waals surface area contributed by atoms with Gasteiger partial charge in [0.2, 0.25) is 17.8 Å². The Morgan fingerprint density at radius 2 is 2.00 bits per heavy atom. The van der Waals surface area contributed by atoms with Gasteiger partial charge >= 0.3 is 0 Å². The highest BCUT2D eigenvalue weighted by Crippen LogP contribution is 2.39. The molecule has 0 aliphatic carbocycles. The molecule has 176 valence electrons. The number of benzene rings is 1. The fourth-order valence-corrected chi connectivity index (χ4v) is 6.38. The lowest BCUT2D eigenvalue weighted by Crippen LogP contribution is -2.51. The van der Waals surface area contributed by atoms with E-state index < -0.39 is 0 Å². The Labute approximate surface area is 207 Å². The molecule has 2 amide bonds. The van der Waals surface area contributed by atoms with Gasteiger partial charge in [-0.2, -0.15) is 12.6 Å². The summed E-state index contributed by atoms with van der Waals surface area (Å²) in [5.74, 6) is 0.429. The van der Waals surface area contributed by atoms with Crippen LogP contribution in [0.25, 0.3) is 10.2 Å². The molecular formula is C24H26N6O2S2. The maximum Gasteiger partial charge on any atom is 0.243 e. The number of thiol groups is 1. The SMILES string of the molecule is O=C1CCC(N2Cc3cc(CN4CCN(c5ncc6ccsc6n5)CC4)ccc3C2S)C(=O)N1. The molecule has 3 aliphatic heterocycles. The number of imide groups is 1. The van der Waals surface area contributed by atoms with Crippen molar-refractivity contribution in [2.24, 2.45) is 0 Å². The zero-order chi connectivity index (χ0) is 23.2. The standard InChI is InChI=1S/C24H26N6O2S2/c31-20-4-3-19(21(32)26-20)30-14-17-11-15(1-2-18(17)23(30)33)13-28-6-8-29(9-7-28)24-25-12-16-5-10-34-22(16)27-24/h1-2,5,10-12,19,23,33H,3-4,6-9,13-14H2,(H,26,31,32). The molecule has 5 heterocycles. The summed E-state index contributed by atoms with van der Waals surface area (Å²) in [7, 11) is 0. The van der Waals surface area contributed by atoms with Crippen LogP contribution in [-0.4, -0.2) is 63.8 Å². The molecule has 1 N–H and O–H groups in total. The van der Waals surface area contributed by atoms with Gasteiger partial charge in [-0.3, -0.25) is 24.7 Å². The molecule has 2 atom stereocenters. The van der Waals surface area contributed by atoms with Crippen LogP contribution in [0.5, 0.6) is 0 Å². The summed E-state index contributed by atoms with van der Waals surface area (Å²) in [5, 5.41) is 5.50. The fraction of sp³-hybridized carbons (Fsp3) is 0.417. The predicted molar refractivity (Wildman–Crippen MR) is 135 cm³/mol. The molecule has 2 fully saturated rings. The van der Waals surface area contributed by atoms with E-state index in [0.717, 1.165) is 54.5 Å². The first-order valence-corrected chi connectivity index (χ1v) is 13.0. The molecule has 2 saturated heterocycles. The molecule has 1 aromatic carbocycles. The second kappa shape index (κ2) is 8.92. The Morgan fingerprint density at radius 3 is 2.82 bits per heavy atom. The van der Waals surface area contributed by atoms with E-state index in [-0.39, 0.29) is 23.2 Å². The van der Waals surface area contributed by atoms with Crippen LogP contribution in [0.2, 0.25) is 0 Å². The van der Waals surface area contributed by atoms with E-state index in [1.807, 2.05) is 6.20 Å². The van der Waals surface area contributed by atoms with Crippen molar-refractivity contribution < 1.29 is 9.59 Å². The van der Waals surface area contributed by atoms with Gasteiger partial charge in [0.05, 0.1) is 11.4 Å². The number of amides is 2. The van der Waals surface area contributed by atoms with Gasteiger partial charge in [0, 0.05) is 57.3 Å². The number of aromatic nitrogens is 2. The smallest absolute Gasteiger partial charge is 0.243 e. The Hall–Kier alpha value is -2.53. The molecule has 8 nitrogen and oxygen atoms in total. The monoisotopic (exact) mass is 494 g/mol. The zero-order valence-corrected chi connectivity index (χ0v) is 20.4. The van der Waals surface area contributed by atoms with Crippen molar-refractivity contribution in [3.8, 4) is 0 Å². The first-order valence-electron chi connectivity index (χ1n) is 11.6. The summed E-state index contributed by atoms with van der Waals surface area (Å²) >= 11 is 6.45. The maximum absolute atomic E-state index is 12.4. The second-order valence-electron chi connectivity index (χ2n) is 9.16. The molecule has 0 spiro atoms. The summed E-state index contributed by atoms with van der Waals surface area (Å²) in [6.07, 6.45) is 2.85. The lowest BCUT2D eigenvalue weighted by Gasteiger charge is -2.34. The van der Waals surface area contributed by atoms with E-state index in [9.17, 15) is 9.59 Å². The third-order valence-electron chi connectivity index (χ3n) is 7.02. The Kier molecular flexibility index (Phi) is 5.76. The Bertz CT molecular complexity index is 1260. The van der Waals surface area contributed by atoms with Gasteiger partial charge in [0.25, 0.3) is 0 Å². The van der Waals surface area contributed by atoms with E-state index in [4.69, 9.17) is 17.6 Å². The quantitative estimate of drug-likeness (QED) is 0.426.